The summed E-state index contributed by atoms with van der Waals surface area (Å²) in [7, 11) is 0. The topological polar surface area (TPSA) is 68.0 Å². The number of carboxylic acid groups (broad SMARTS) is 1. The number of hydrogen-bond acceptors (Lipinski definition) is 4. The Morgan fingerprint density at radius 2 is 2.29 bits per heavy atom. The van der Waals surface area contributed by atoms with Gasteiger partial charge in [0.05, 0.1) is 17.6 Å². The molecule has 2 aromatic rings. The first-order valence-electron chi connectivity index (χ1n) is 4.98. The van der Waals surface area contributed by atoms with Crippen molar-refractivity contribution in [3.63, 3.8) is 0 Å². The summed E-state index contributed by atoms with van der Waals surface area (Å²) >= 11 is 1.19. The highest BCUT2D eigenvalue weighted by Crippen LogP contribution is 2.19. The quantitative estimate of drug-likeness (QED) is 0.836. The van der Waals surface area contributed by atoms with Crippen LogP contribution in [0.15, 0.2) is 35.9 Å². The summed E-state index contributed by atoms with van der Waals surface area (Å²) in [6, 6.07) is 3.83. The molecule has 2 heterocycles. The van der Waals surface area contributed by atoms with Crippen LogP contribution in [0.25, 0.3) is 5.69 Å². The predicted molar refractivity (Wildman–Crippen MR) is 64.5 cm³/mol. The molecule has 6 heteroatoms. The van der Waals surface area contributed by atoms with Gasteiger partial charge in [-0.1, -0.05) is 11.8 Å². The normalized spacial score (nSPS) is 10.4. The summed E-state index contributed by atoms with van der Waals surface area (Å²) in [4.78, 5) is 18.8. The van der Waals surface area contributed by atoms with Gasteiger partial charge in [0.2, 0.25) is 0 Å². The molecule has 0 radical (unpaired) electrons. The van der Waals surface area contributed by atoms with Crippen LogP contribution in [-0.4, -0.2) is 31.4 Å². The second-order valence-corrected chi connectivity index (χ2v) is 4.36. The van der Waals surface area contributed by atoms with E-state index in [9.17, 15) is 4.79 Å². The molecule has 0 unspecified atom stereocenters. The maximum Gasteiger partial charge on any atom is 0.313 e. The molecule has 0 atom stereocenters. The van der Waals surface area contributed by atoms with E-state index >= 15 is 0 Å². The molecular weight excluding hydrogens is 238 g/mol. The molecule has 17 heavy (non-hydrogen) atoms. The average Bonchev–Trinajstić information content (AvgIpc) is 2.75. The largest absolute Gasteiger partial charge is 0.481 e. The molecule has 88 valence electrons. The molecule has 0 saturated heterocycles. The number of pyridine rings is 1. The van der Waals surface area contributed by atoms with E-state index < -0.39 is 5.97 Å². The fraction of sp³-hybridized carbons (Fsp3) is 0.182. The van der Waals surface area contributed by atoms with E-state index in [1.54, 1.807) is 18.6 Å². The van der Waals surface area contributed by atoms with Crippen LogP contribution in [-0.2, 0) is 4.79 Å². The van der Waals surface area contributed by atoms with Gasteiger partial charge in [0, 0.05) is 18.1 Å². The van der Waals surface area contributed by atoms with Gasteiger partial charge in [-0.05, 0) is 19.1 Å². The van der Waals surface area contributed by atoms with Gasteiger partial charge in [0.1, 0.15) is 0 Å². The third-order valence-corrected chi connectivity index (χ3v) is 3.06. The zero-order valence-corrected chi connectivity index (χ0v) is 10.0. The van der Waals surface area contributed by atoms with Crippen molar-refractivity contribution in [2.24, 2.45) is 0 Å². The molecule has 0 saturated carbocycles. The van der Waals surface area contributed by atoms with E-state index in [1.807, 2.05) is 23.6 Å². The predicted octanol–water partition coefficient (Wildman–Crippen LogP) is 1.75. The lowest BCUT2D eigenvalue weighted by Crippen LogP contribution is -2.01. The number of imidazole rings is 1. The van der Waals surface area contributed by atoms with Gasteiger partial charge in [-0.3, -0.25) is 14.3 Å². The van der Waals surface area contributed by atoms with Gasteiger partial charge in [-0.15, -0.1) is 0 Å². The third-order valence-electron chi connectivity index (χ3n) is 2.11. The molecular formula is C11H11N3O2S. The third kappa shape index (κ3) is 2.85. The smallest absolute Gasteiger partial charge is 0.313 e. The Kier molecular flexibility index (Phi) is 3.43. The number of aromatic nitrogens is 3. The van der Waals surface area contributed by atoms with Gasteiger partial charge in [-0.25, -0.2) is 4.98 Å². The highest BCUT2D eigenvalue weighted by atomic mass is 32.2. The van der Waals surface area contributed by atoms with Crippen molar-refractivity contribution in [1.29, 1.82) is 0 Å². The minimum absolute atomic E-state index is 0.00367. The van der Waals surface area contributed by atoms with Crippen molar-refractivity contribution >= 4 is 17.7 Å². The van der Waals surface area contributed by atoms with Crippen LogP contribution in [0.4, 0.5) is 0 Å². The van der Waals surface area contributed by atoms with Crippen LogP contribution >= 0.6 is 11.8 Å². The first-order valence-corrected chi connectivity index (χ1v) is 5.96. The van der Waals surface area contributed by atoms with E-state index in [1.165, 1.54) is 11.8 Å². The summed E-state index contributed by atoms with van der Waals surface area (Å²) in [6.07, 6.45) is 5.17. The Morgan fingerprint density at radius 1 is 1.47 bits per heavy atom. The maximum atomic E-state index is 10.5. The number of rotatable bonds is 4. The number of aryl methyl sites for hydroxylation is 1. The number of aliphatic carboxylic acids is 1. The number of thioether (sulfide) groups is 1. The fourth-order valence-electron chi connectivity index (χ4n) is 1.32. The van der Waals surface area contributed by atoms with Crippen LogP contribution in [0.1, 0.15) is 5.69 Å². The number of carboxylic acids is 1. The van der Waals surface area contributed by atoms with Gasteiger partial charge in [0.25, 0.3) is 0 Å². The van der Waals surface area contributed by atoms with Gasteiger partial charge < -0.3 is 5.11 Å². The molecule has 0 amide bonds. The Hall–Kier alpha value is -1.82. The van der Waals surface area contributed by atoms with Gasteiger partial charge >= 0.3 is 5.97 Å². The van der Waals surface area contributed by atoms with Crippen LogP contribution in [0.5, 0.6) is 0 Å². The van der Waals surface area contributed by atoms with Crippen molar-refractivity contribution in [1.82, 2.24) is 14.5 Å². The lowest BCUT2D eigenvalue weighted by Gasteiger charge is -2.06. The SMILES string of the molecule is Cc1ccc(-n2ccnc2SCC(=O)O)cn1. The number of hydrogen-bond donors (Lipinski definition) is 1. The van der Waals surface area contributed by atoms with E-state index in [2.05, 4.69) is 9.97 Å². The van der Waals surface area contributed by atoms with Crippen LogP contribution in [0.3, 0.4) is 0 Å². The molecule has 5 nitrogen and oxygen atoms in total. The minimum atomic E-state index is -0.855. The molecule has 0 aliphatic heterocycles. The Morgan fingerprint density at radius 3 is 2.94 bits per heavy atom. The van der Waals surface area contributed by atoms with Crippen molar-refractivity contribution < 1.29 is 9.90 Å². The zero-order chi connectivity index (χ0) is 12.3. The standard InChI is InChI=1S/C11H11N3O2S/c1-8-2-3-9(6-13-8)14-5-4-12-11(14)17-7-10(15)16/h2-6H,7H2,1H3,(H,15,16). The Labute approximate surface area is 103 Å². The highest BCUT2D eigenvalue weighted by molar-refractivity contribution is 7.99. The molecule has 2 aromatic heterocycles. The summed E-state index contributed by atoms with van der Waals surface area (Å²) in [5, 5.41) is 9.29. The molecule has 0 aliphatic rings. The van der Waals surface area contributed by atoms with Crippen molar-refractivity contribution in [2.45, 2.75) is 12.1 Å². The number of carbonyl (C=O) groups is 1. The van der Waals surface area contributed by atoms with Gasteiger partial charge in [-0.2, -0.15) is 0 Å². The molecule has 2 rings (SSSR count). The molecule has 0 bridgehead atoms. The number of nitrogens with zero attached hydrogens (tertiary/aromatic N) is 3. The van der Waals surface area contributed by atoms with Crippen molar-refractivity contribution in [3.8, 4) is 5.69 Å². The zero-order valence-electron chi connectivity index (χ0n) is 9.20. The first kappa shape index (κ1) is 11.7. The maximum absolute atomic E-state index is 10.5. The Bertz CT molecular complexity index is 522. The molecule has 0 spiro atoms. The van der Waals surface area contributed by atoms with Crippen molar-refractivity contribution in [2.75, 3.05) is 5.75 Å². The van der Waals surface area contributed by atoms with E-state index in [0.29, 0.717) is 5.16 Å². The lowest BCUT2D eigenvalue weighted by atomic mass is 10.3. The fourth-order valence-corrected chi connectivity index (χ4v) is 2.02. The monoisotopic (exact) mass is 249 g/mol. The molecule has 0 fully saturated rings. The van der Waals surface area contributed by atoms with E-state index in [4.69, 9.17) is 5.11 Å². The van der Waals surface area contributed by atoms with Crippen LogP contribution in [0.2, 0.25) is 0 Å². The highest BCUT2D eigenvalue weighted by Gasteiger charge is 2.07. The summed E-state index contributed by atoms with van der Waals surface area (Å²) in [5.41, 5.74) is 1.81. The molecule has 1 N–H and O–H groups in total. The van der Waals surface area contributed by atoms with E-state index in [-0.39, 0.29) is 5.75 Å². The van der Waals surface area contributed by atoms with Crippen molar-refractivity contribution in [3.05, 3.63) is 36.4 Å². The molecule has 0 aliphatic carbocycles. The summed E-state index contributed by atoms with van der Waals surface area (Å²) < 4.78 is 1.82. The van der Waals surface area contributed by atoms with Crippen LogP contribution in [0, 0.1) is 6.92 Å². The summed E-state index contributed by atoms with van der Waals surface area (Å²) in [5.74, 6) is -0.859. The second kappa shape index (κ2) is 5.01. The second-order valence-electron chi connectivity index (χ2n) is 3.42. The first-order chi connectivity index (χ1) is 8.16. The lowest BCUT2D eigenvalue weighted by molar-refractivity contribution is -0.133. The molecule has 0 aromatic carbocycles. The van der Waals surface area contributed by atoms with Crippen LogP contribution < -0.4 is 0 Å². The average molecular weight is 249 g/mol. The van der Waals surface area contributed by atoms with E-state index in [0.717, 1.165) is 11.4 Å². The summed E-state index contributed by atoms with van der Waals surface area (Å²) in [6.45, 7) is 1.91. The van der Waals surface area contributed by atoms with Gasteiger partial charge in [0.15, 0.2) is 5.16 Å². The Balaban J connectivity index is 2.24. The minimum Gasteiger partial charge on any atom is -0.481 e.